The summed E-state index contributed by atoms with van der Waals surface area (Å²) < 4.78 is 2.17. The number of aliphatic hydroxyl groups is 1. The van der Waals surface area contributed by atoms with Gasteiger partial charge in [-0.3, -0.25) is 0 Å². The molecule has 20 heavy (non-hydrogen) atoms. The number of thioether (sulfide) groups is 1. The second kappa shape index (κ2) is 6.46. The van der Waals surface area contributed by atoms with Crippen molar-refractivity contribution in [2.24, 2.45) is 0 Å². The Morgan fingerprint density at radius 1 is 1.20 bits per heavy atom. The van der Waals surface area contributed by atoms with Crippen LogP contribution in [0.2, 0.25) is 0 Å². The fraction of sp³-hybridized carbons (Fsp3) is 0.438. The lowest BCUT2D eigenvalue weighted by Gasteiger charge is -2.11. The molecule has 1 aliphatic carbocycles. The molecule has 0 bridgehead atoms. The first-order valence-electron chi connectivity index (χ1n) is 7.22. The van der Waals surface area contributed by atoms with Gasteiger partial charge < -0.3 is 9.67 Å². The summed E-state index contributed by atoms with van der Waals surface area (Å²) in [6.45, 7) is 0.836. The van der Waals surface area contributed by atoms with Crippen molar-refractivity contribution in [2.45, 2.75) is 49.2 Å². The zero-order valence-electron chi connectivity index (χ0n) is 11.5. The fourth-order valence-electron chi connectivity index (χ4n) is 2.67. The molecule has 3 nitrogen and oxygen atoms in total. The lowest BCUT2D eigenvalue weighted by Crippen LogP contribution is -2.03. The van der Waals surface area contributed by atoms with Crippen LogP contribution in [0.1, 0.15) is 36.9 Å². The van der Waals surface area contributed by atoms with E-state index in [0.717, 1.165) is 17.4 Å². The van der Waals surface area contributed by atoms with Crippen LogP contribution in [-0.4, -0.2) is 19.9 Å². The fourth-order valence-corrected chi connectivity index (χ4v) is 3.96. The van der Waals surface area contributed by atoms with E-state index in [1.807, 2.05) is 24.0 Å². The van der Waals surface area contributed by atoms with Gasteiger partial charge in [-0.1, -0.05) is 54.9 Å². The molecule has 4 heteroatoms. The van der Waals surface area contributed by atoms with Gasteiger partial charge in [0.1, 0.15) is 0 Å². The SMILES string of the molecule is OCc1cn(Cc2ccccc2)c(SC2CCCC2)n1. The molecule has 1 aromatic carbocycles. The van der Waals surface area contributed by atoms with E-state index in [1.54, 1.807) is 0 Å². The van der Waals surface area contributed by atoms with Gasteiger partial charge in [-0.2, -0.15) is 0 Å². The lowest BCUT2D eigenvalue weighted by atomic mass is 10.2. The van der Waals surface area contributed by atoms with Gasteiger partial charge in [0.05, 0.1) is 12.3 Å². The summed E-state index contributed by atoms with van der Waals surface area (Å²) in [6.07, 6.45) is 7.23. The van der Waals surface area contributed by atoms with Gasteiger partial charge in [0.2, 0.25) is 0 Å². The van der Waals surface area contributed by atoms with E-state index in [0.29, 0.717) is 5.25 Å². The third-order valence-electron chi connectivity index (χ3n) is 3.72. The van der Waals surface area contributed by atoms with E-state index in [2.05, 4.69) is 33.8 Å². The van der Waals surface area contributed by atoms with Crippen molar-refractivity contribution in [2.75, 3.05) is 0 Å². The average Bonchev–Trinajstić information content (AvgIpc) is 3.11. The van der Waals surface area contributed by atoms with Crippen LogP contribution >= 0.6 is 11.8 Å². The highest BCUT2D eigenvalue weighted by Gasteiger charge is 2.19. The number of imidazole rings is 1. The minimum atomic E-state index is 0.0139. The summed E-state index contributed by atoms with van der Waals surface area (Å²) in [5, 5.41) is 11.1. The summed E-state index contributed by atoms with van der Waals surface area (Å²) in [4.78, 5) is 4.56. The maximum absolute atomic E-state index is 9.32. The Morgan fingerprint density at radius 2 is 1.95 bits per heavy atom. The number of rotatable bonds is 5. The molecule has 1 fully saturated rings. The van der Waals surface area contributed by atoms with Gasteiger partial charge in [0.15, 0.2) is 5.16 Å². The van der Waals surface area contributed by atoms with Crippen molar-refractivity contribution >= 4 is 11.8 Å². The van der Waals surface area contributed by atoms with Crippen LogP contribution in [0.15, 0.2) is 41.7 Å². The second-order valence-corrected chi connectivity index (χ2v) is 6.58. The summed E-state index contributed by atoms with van der Waals surface area (Å²) >= 11 is 1.87. The highest BCUT2D eigenvalue weighted by molar-refractivity contribution is 7.99. The van der Waals surface area contributed by atoms with Gasteiger partial charge in [-0.25, -0.2) is 4.98 Å². The molecule has 0 atom stereocenters. The molecular formula is C16H20N2OS. The zero-order chi connectivity index (χ0) is 13.8. The van der Waals surface area contributed by atoms with Crippen molar-refractivity contribution in [3.05, 3.63) is 47.8 Å². The van der Waals surface area contributed by atoms with Gasteiger partial charge in [-0.15, -0.1) is 0 Å². The average molecular weight is 288 g/mol. The first-order valence-corrected chi connectivity index (χ1v) is 8.10. The number of hydrogen-bond donors (Lipinski definition) is 1. The first kappa shape index (κ1) is 13.7. The van der Waals surface area contributed by atoms with Crippen LogP contribution in [0.5, 0.6) is 0 Å². The molecule has 0 aliphatic heterocycles. The van der Waals surface area contributed by atoms with Crippen LogP contribution < -0.4 is 0 Å². The third-order valence-corrected chi connectivity index (χ3v) is 5.06. The monoisotopic (exact) mass is 288 g/mol. The van der Waals surface area contributed by atoms with Crippen molar-refractivity contribution in [1.29, 1.82) is 0 Å². The topological polar surface area (TPSA) is 38.0 Å². The van der Waals surface area contributed by atoms with Crippen LogP contribution in [0.3, 0.4) is 0 Å². The minimum absolute atomic E-state index is 0.0139. The second-order valence-electron chi connectivity index (χ2n) is 5.31. The Balaban J connectivity index is 1.79. The number of aliphatic hydroxyl groups excluding tert-OH is 1. The molecule has 2 aromatic rings. The standard InChI is InChI=1S/C16H20N2OS/c19-12-14-11-18(10-13-6-2-1-3-7-13)16(17-14)20-15-8-4-5-9-15/h1-3,6-7,11,15,19H,4-5,8-10,12H2. The van der Waals surface area contributed by atoms with Crippen LogP contribution in [0, 0.1) is 0 Å². The Morgan fingerprint density at radius 3 is 2.65 bits per heavy atom. The summed E-state index contributed by atoms with van der Waals surface area (Å²) in [5.74, 6) is 0. The lowest BCUT2D eigenvalue weighted by molar-refractivity contribution is 0.277. The maximum atomic E-state index is 9.32. The minimum Gasteiger partial charge on any atom is -0.390 e. The summed E-state index contributed by atoms with van der Waals surface area (Å²) in [5.41, 5.74) is 2.03. The Labute approximate surface area is 124 Å². The molecule has 0 radical (unpaired) electrons. The largest absolute Gasteiger partial charge is 0.390 e. The predicted octanol–water partition coefficient (Wildman–Crippen LogP) is 3.46. The first-order chi connectivity index (χ1) is 9.85. The van der Waals surface area contributed by atoms with Crippen LogP contribution in [-0.2, 0) is 13.2 Å². The highest BCUT2D eigenvalue weighted by Crippen LogP contribution is 2.34. The van der Waals surface area contributed by atoms with Crippen molar-refractivity contribution < 1.29 is 5.11 Å². The Bertz CT molecular complexity index is 547. The van der Waals surface area contributed by atoms with Crippen LogP contribution in [0.25, 0.3) is 0 Å². The van der Waals surface area contributed by atoms with E-state index < -0.39 is 0 Å². The molecule has 1 aromatic heterocycles. The van der Waals surface area contributed by atoms with Crippen molar-refractivity contribution in [3.8, 4) is 0 Å². The van der Waals surface area contributed by atoms with E-state index >= 15 is 0 Å². The number of benzene rings is 1. The van der Waals surface area contributed by atoms with Crippen molar-refractivity contribution in [3.63, 3.8) is 0 Å². The van der Waals surface area contributed by atoms with E-state index in [1.165, 1.54) is 31.2 Å². The van der Waals surface area contributed by atoms with Crippen molar-refractivity contribution in [1.82, 2.24) is 9.55 Å². The number of aromatic nitrogens is 2. The van der Waals surface area contributed by atoms with Gasteiger partial charge >= 0.3 is 0 Å². The summed E-state index contributed by atoms with van der Waals surface area (Å²) in [6, 6.07) is 10.4. The molecule has 0 unspecified atom stereocenters. The van der Waals surface area contributed by atoms with Gasteiger partial charge in [0, 0.05) is 18.0 Å². The molecule has 0 amide bonds. The molecule has 1 heterocycles. The van der Waals surface area contributed by atoms with E-state index in [4.69, 9.17) is 0 Å². The third kappa shape index (κ3) is 3.25. The number of hydrogen-bond acceptors (Lipinski definition) is 3. The van der Waals surface area contributed by atoms with Crippen LogP contribution in [0.4, 0.5) is 0 Å². The highest BCUT2D eigenvalue weighted by atomic mass is 32.2. The summed E-state index contributed by atoms with van der Waals surface area (Å²) in [7, 11) is 0. The molecule has 1 saturated carbocycles. The molecule has 106 valence electrons. The zero-order valence-corrected chi connectivity index (χ0v) is 12.4. The quantitative estimate of drug-likeness (QED) is 0.915. The van der Waals surface area contributed by atoms with E-state index in [9.17, 15) is 5.11 Å². The molecular weight excluding hydrogens is 268 g/mol. The molecule has 3 rings (SSSR count). The molecule has 0 spiro atoms. The Hall–Kier alpha value is -1.26. The Kier molecular flexibility index (Phi) is 4.43. The smallest absolute Gasteiger partial charge is 0.168 e. The maximum Gasteiger partial charge on any atom is 0.168 e. The van der Waals surface area contributed by atoms with Gasteiger partial charge in [0.25, 0.3) is 0 Å². The normalized spacial score (nSPS) is 15.8. The van der Waals surface area contributed by atoms with Gasteiger partial charge in [-0.05, 0) is 18.4 Å². The molecule has 1 N–H and O–H groups in total. The molecule has 1 aliphatic rings. The predicted molar refractivity (Wildman–Crippen MR) is 81.8 cm³/mol. The van der Waals surface area contributed by atoms with E-state index in [-0.39, 0.29) is 6.61 Å². The number of nitrogens with zero attached hydrogens (tertiary/aromatic N) is 2. The molecule has 0 saturated heterocycles.